The fourth-order valence-electron chi connectivity index (χ4n) is 3.66. The molecule has 0 bridgehead atoms. The first-order valence-electron chi connectivity index (χ1n) is 12.4. The Kier molecular flexibility index (Phi) is 12.2. The van der Waals surface area contributed by atoms with E-state index >= 15 is 0 Å². The third kappa shape index (κ3) is 11.0. The molecule has 2 atom stereocenters. The summed E-state index contributed by atoms with van der Waals surface area (Å²) in [6.45, 7) is 10.9. The molecule has 1 rings (SSSR count). The van der Waals surface area contributed by atoms with Crippen LogP contribution in [0.25, 0.3) is 0 Å². The smallest absolute Gasteiger partial charge is 0.408 e. The van der Waals surface area contributed by atoms with E-state index in [1.54, 1.807) is 46.8 Å². The van der Waals surface area contributed by atoms with Gasteiger partial charge in [0.15, 0.2) is 0 Å². The van der Waals surface area contributed by atoms with E-state index < -0.39 is 47.9 Å². The number of rotatable bonds is 13. The Balaban J connectivity index is 3.47. The van der Waals surface area contributed by atoms with Crippen LogP contribution in [-0.4, -0.2) is 58.1 Å². The molecule has 4 amide bonds. The lowest BCUT2D eigenvalue weighted by molar-refractivity contribution is -0.143. The zero-order valence-electron chi connectivity index (χ0n) is 22.3. The van der Waals surface area contributed by atoms with Gasteiger partial charge in [0.2, 0.25) is 17.7 Å². The summed E-state index contributed by atoms with van der Waals surface area (Å²) in [6, 6.07) is 3.45. The van der Waals surface area contributed by atoms with Crippen molar-refractivity contribution in [1.82, 2.24) is 15.5 Å². The second kappa shape index (κ2) is 14.3. The fourth-order valence-corrected chi connectivity index (χ4v) is 3.66. The molecule has 5 N–H and O–H groups in total. The van der Waals surface area contributed by atoms with Crippen molar-refractivity contribution in [3.8, 4) is 5.75 Å². The van der Waals surface area contributed by atoms with Gasteiger partial charge in [-0.25, -0.2) is 4.79 Å². The van der Waals surface area contributed by atoms with Crippen molar-refractivity contribution in [3.63, 3.8) is 0 Å². The van der Waals surface area contributed by atoms with Crippen molar-refractivity contribution in [3.05, 3.63) is 29.8 Å². The van der Waals surface area contributed by atoms with Crippen molar-refractivity contribution in [1.29, 1.82) is 0 Å². The number of benzene rings is 1. The maximum Gasteiger partial charge on any atom is 0.408 e. The summed E-state index contributed by atoms with van der Waals surface area (Å²) in [5.41, 5.74) is 4.96. The van der Waals surface area contributed by atoms with E-state index in [4.69, 9.17) is 10.5 Å². The maximum absolute atomic E-state index is 13.8. The Morgan fingerprint density at radius 3 is 2.28 bits per heavy atom. The van der Waals surface area contributed by atoms with E-state index in [-0.39, 0.29) is 18.3 Å². The van der Waals surface area contributed by atoms with Gasteiger partial charge in [-0.3, -0.25) is 14.4 Å². The van der Waals surface area contributed by atoms with Crippen molar-refractivity contribution in [2.45, 2.75) is 97.4 Å². The summed E-state index contributed by atoms with van der Waals surface area (Å²) in [7, 11) is 0. The first-order chi connectivity index (χ1) is 16.7. The molecule has 0 aliphatic carbocycles. The van der Waals surface area contributed by atoms with Crippen LogP contribution in [0, 0.1) is 0 Å². The summed E-state index contributed by atoms with van der Waals surface area (Å²) in [5, 5.41) is 15.4. The average molecular weight is 507 g/mol. The molecule has 1 aromatic carbocycles. The second-order valence-corrected chi connectivity index (χ2v) is 10.1. The van der Waals surface area contributed by atoms with Gasteiger partial charge in [0, 0.05) is 12.6 Å². The number of phenolic OH excluding ortho intramolecular Hbond substituents is 1. The Morgan fingerprint density at radius 2 is 1.75 bits per heavy atom. The molecule has 10 nitrogen and oxygen atoms in total. The van der Waals surface area contributed by atoms with Gasteiger partial charge in [-0.2, -0.15) is 0 Å². The number of hydrogen-bond donors (Lipinski definition) is 4. The molecule has 1 aromatic rings. The molecule has 2 unspecified atom stereocenters. The lowest BCUT2D eigenvalue weighted by atomic mass is 10.0. The number of alkyl carbamates (subject to hydrolysis) is 1. The lowest BCUT2D eigenvalue weighted by Gasteiger charge is -2.34. The predicted molar refractivity (Wildman–Crippen MR) is 137 cm³/mol. The van der Waals surface area contributed by atoms with Crippen LogP contribution in [0.5, 0.6) is 5.75 Å². The maximum atomic E-state index is 13.8. The first kappa shape index (κ1) is 30.7. The van der Waals surface area contributed by atoms with Crippen molar-refractivity contribution >= 4 is 23.8 Å². The zero-order valence-corrected chi connectivity index (χ0v) is 22.3. The third-order valence-electron chi connectivity index (χ3n) is 5.11. The van der Waals surface area contributed by atoms with E-state index in [2.05, 4.69) is 17.6 Å². The van der Waals surface area contributed by atoms with Gasteiger partial charge in [-0.1, -0.05) is 38.3 Å². The molecule has 0 spiro atoms. The SMILES string of the molecule is CCCCCCN(C(=O)C(CC(N)=O)NC(=O)OC(C)(C)C)C(C(=O)NC(C)C)c1cccc(O)c1. The zero-order chi connectivity index (χ0) is 27.5. The average Bonchev–Trinajstić information content (AvgIpc) is 2.72. The molecule has 0 saturated carbocycles. The minimum Gasteiger partial charge on any atom is -0.508 e. The van der Waals surface area contributed by atoms with Crippen molar-refractivity contribution in [2.24, 2.45) is 5.73 Å². The monoisotopic (exact) mass is 506 g/mol. The number of amides is 4. The van der Waals surface area contributed by atoms with E-state index in [9.17, 15) is 24.3 Å². The summed E-state index contributed by atoms with van der Waals surface area (Å²) in [4.78, 5) is 52.8. The number of ether oxygens (including phenoxy) is 1. The Hall–Kier alpha value is -3.30. The topological polar surface area (TPSA) is 151 Å². The van der Waals surface area contributed by atoms with E-state index in [1.807, 2.05) is 0 Å². The normalized spacial score (nSPS) is 13.0. The van der Waals surface area contributed by atoms with E-state index in [0.29, 0.717) is 12.0 Å². The minimum atomic E-state index is -1.34. The number of aromatic hydroxyl groups is 1. The van der Waals surface area contributed by atoms with E-state index in [0.717, 1.165) is 19.3 Å². The molecule has 0 fully saturated rings. The van der Waals surface area contributed by atoms with Gasteiger partial charge in [-0.15, -0.1) is 0 Å². The number of hydrogen-bond acceptors (Lipinski definition) is 6. The number of unbranched alkanes of at least 4 members (excludes halogenated alkanes) is 3. The molecule has 0 heterocycles. The number of nitrogens with one attached hydrogen (secondary N) is 2. The van der Waals surface area contributed by atoms with Crippen LogP contribution in [0.4, 0.5) is 4.79 Å². The van der Waals surface area contributed by atoms with Gasteiger partial charge >= 0.3 is 6.09 Å². The van der Waals surface area contributed by atoms with Crippen LogP contribution in [0.15, 0.2) is 24.3 Å². The van der Waals surface area contributed by atoms with Gasteiger partial charge in [0.25, 0.3) is 0 Å². The summed E-state index contributed by atoms with van der Waals surface area (Å²) >= 11 is 0. The van der Waals surface area contributed by atoms with Crippen molar-refractivity contribution < 1.29 is 29.0 Å². The molecule has 0 saturated heterocycles. The van der Waals surface area contributed by atoms with Crippen LogP contribution in [0.3, 0.4) is 0 Å². The molecule has 0 aliphatic heterocycles. The molecule has 0 radical (unpaired) electrons. The van der Waals surface area contributed by atoms with Gasteiger partial charge in [0.1, 0.15) is 23.4 Å². The third-order valence-corrected chi connectivity index (χ3v) is 5.11. The largest absolute Gasteiger partial charge is 0.508 e. The molecule has 10 heteroatoms. The summed E-state index contributed by atoms with van der Waals surface area (Å²) in [5.74, 6) is -1.96. The van der Waals surface area contributed by atoms with Crippen LogP contribution < -0.4 is 16.4 Å². The van der Waals surface area contributed by atoms with Crippen LogP contribution in [0.2, 0.25) is 0 Å². The Labute approximate surface area is 213 Å². The first-order valence-corrected chi connectivity index (χ1v) is 12.4. The predicted octanol–water partition coefficient (Wildman–Crippen LogP) is 3.14. The molecule has 36 heavy (non-hydrogen) atoms. The number of carbonyl (C=O) groups is 4. The number of nitrogens with two attached hydrogens (primary N) is 1. The number of nitrogens with zero attached hydrogens (tertiary/aromatic N) is 1. The molecular weight excluding hydrogens is 464 g/mol. The summed E-state index contributed by atoms with van der Waals surface area (Å²) < 4.78 is 5.27. The number of carbonyl (C=O) groups excluding carboxylic acids is 4. The van der Waals surface area contributed by atoms with Crippen molar-refractivity contribution in [2.75, 3.05) is 6.54 Å². The van der Waals surface area contributed by atoms with Gasteiger partial charge in [0.05, 0.1) is 6.42 Å². The Morgan fingerprint density at radius 1 is 1.08 bits per heavy atom. The highest BCUT2D eigenvalue weighted by molar-refractivity contribution is 5.94. The van der Waals surface area contributed by atoms with Gasteiger partial charge < -0.3 is 31.1 Å². The molecule has 0 aromatic heterocycles. The molecular formula is C26H42N4O6. The minimum absolute atomic E-state index is 0.0613. The number of phenols is 1. The van der Waals surface area contributed by atoms with Crippen LogP contribution in [-0.2, 0) is 19.1 Å². The van der Waals surface area contributed by atoms with Gasteiger partial charge in [-0.05, 0) is 58.7 Å². The Bertz CT molecular complexity index is 897. The highest BCUT2D eigenvalue weighted by Crippen LogP contribution is 2.26. The van der Waals surface area contributed by atoms with Crippen LogP contribution >= 0.6 is 0 Å². The molecule has 0 aliphatic rings. The summed E-state index contributed by atoms with van der Waals surface area (Å²) in [6.07, 6.45) is 1.98. The second-order valence-electron chi connectivity index (χ2n) is 10.1. The van der Waals surface area contributed by atoms with Crippen LogP contribution in [0.1, 0.15) is 85.3 Å². The number of primary amides is 1. The highest BCUT2D eigenvalue weighted by atomic mass is 16.6. The fraction of sp³-hybridized carbons (Fsp3) is 0.615. The lowest BCUT2D eigenvalue weighted by Crippen LogP contribution is -2.54. The quantitative estimate of drug-likeness (QED) is 0.302. The standard InChI is InChI=1S/C26H42N4O6/c1-7-8-9-10-14-30(22(23(33)28-17(2)3)18-12-11-13-19(31)15-18)24(34)20(16-21(27)32)29-25(35)36-26(4,5)6/h11-13,15,17,20,22,31H,7-10,14,16H2,1-6H3,(H2,27,32)(H,28,33)(H,29,35). The van der Waals surface area contributed by atoms with E-state index in [1.165, 1.54) is 17.0 Å². The molecule has 202 valence electrons. The highest BCUT2D eigenvalue weighted by Gasteiger charge is 2.37.